The van der Waals surface area contributed by atoms with E-state index in [0.717, 1.165) is 6.07 Å². The Hall–Kier alpha value is -1.70. The number of hydrogen-bond donors (Lipinski definition) is 4. The molecule has 2 atom stereocenters. The first kappa shape index (κ1) is 20.3. The lowest BCUT2D eigenvalue weighted by molar-refractivity contribution is -0.137. The van der Waals surface area contributed by atoms with Crippen molar-refractivity contribution in [3.8, 4) is 0 Å². The molecule has 0 radical (unpaired) electrons. The van der Waals surface area contributed by atoms with Gasteiger partial charge >= 0.3 is 0 Å². The molecule has 1 aromatic rings. The van der Waals surface area contributed by atoms with Crippen LogP contribution in [0.5, 0.6) is 0 Å². The average molecular weight is 361 g/mol. The van der Waals surface area contributed by atoms with E-state index in [9.17, 15) is 19.1 Å². The van der Waals surface area contributed by atoms with Crippen LogP contribution in [0, 0.1) is 17.2 Å². The van der Waals surface area contributed by atoms with Crippen molar-refractivity contribution in [2.75, 3.05) is 18.5 Å². The molecule has 1 aromatic carbocycles. The number of aliphatic hydroxyl groups excluding tert-OH is 2. The Morgan fingerprint density at radius 2 is 1.96 bits per heavy atom. The molecule has 0 fully saturated rings. The van der Waals surface area contributed by atoms with Crippen molar-refractivity contribution >= 4 is 29.1 Å². The van der Waals surface area contributed by atoms with Gasteiger partial charge in [0.2, 0.25) is 11.8 Å². The van der Waals surface area contributed by atoms with Crippen molar-refractivity contribution in [3.05, 3.63) is 29.0 Å². The van der Waals surface area contributed by atoms with Crippen LogP contribution >= 0.6 is 11.6 Å². The highest BCUT2D eigenvalue weighted by atomic mass is 35.5. The quantitative estimate of drug-likeness (QED) is 0.593. The van der Waals surface area contributed by atoms with Crippen molar-refractivity contribution in [2.24, 2.45) is 11.3 Å². The first-order valence-corrected chi connectivity index (χ1v) is 7.79. The smallest absolute Gasteiger partial charge is 0.249 e. The lowest BCUT2D eigenvalue weighted by Crippen LogP contribution is -2.47. The summed E-state index contributed by atoms with van der Waals surface area (Å²) in [6.45, 7) is 4.32. The zero-order chi connectivity index (χ0) is 18.5. The molecule has 0 aliphatic rings. The Bertz CT molecular complexity index is 610. The molecule has 0 saturated heterocycles. The van der Waals surface area contributed by atoms with Gasteiger partial charge in [0, 0.05) is 17.6 Å². The third-order valence-corrected chi connectivity index (χ3v) is 3.90. The minimum absolute atomic E-state index is 0.00182. The second-order valence-electron chi connectivity index (χ2n) is 6.31. The molecule has 2 amide bonds. The maximum atomic E-state index is 13.1. The highest BCUT2D eigenvalue weighted by Gasteiger charge is 2.33. The molecule has 0 aliphatic carbocycles. The lowest BCUT2D eigenvalue weighted by Gasteiger charge is -2.27. The van der Waals surface area contributed by atoms with Gasteiger partial charge in [-0.3, -0.25) is 9.59 Å². The zero-order valence-corrected chi connectivity index (χ0v) is 14.5. The second kappa shape index (κ2) is 8.41. The molecule has 1 rings (SSSR count). The number of anilines is 1. The second-order valence-corrected chi connectivity index (χ2v) is 6.72. The fourth-order valence-electron chi connectivity index (χ4n) is 1.72. The standard InChI is InChI=1S/C16H22ClFN2O4/c1-9(7-19-15(24)13(22)16(2,3)8-21)14(23)20-10-4-5-12(18)11(17)6-10/h4-6,9,13,21-22H,7-8H2,1-3H3,(H,19,24)(H,20,23)/t9-,13-/m0/s1. The fourth-order valence-corrected chi connectivity index (χ4v) is 1.90. The van der Waals surface area contributed by atoms with Crippen molar-refractivity contribution < 1.29 is 24.2 Å². The van der Waals surface area contributed by atoms with E-state index in [-0.39, 0.29) is 18.2 Å². The maximum absolute atomic E-state index is 13.1. The lowest BCUT2D eigenvalue weighted by atomic mass is 9.87. The predicted octanol–water partition coefficient (Wildman–Crippen LogP) is 1.55. The van der Waals surface area contributed by atoms with E-state index in [0.29, 0.717) is 5.69 Å². The Balaban J connectivity index is 2.55. The van der Waals surface area contributed by atoms with Gasteiger partial charge in [-0.25, -0.2) is 4.39 Å². The molecule has 0 aliphatic heterocycles. The number of carbonyl (C=O) groups is 2. The first-order valence-electron chi connectivity index (χ1n) is 7.41. The highest BCUT2D eigenvalue weighted by molar-refractivity contribution is 6.31. The van der Waals surface area contributed by atoms with Crippen LogP contribution in [0.2, 0.25) is 5.02 Å². The van der Waals surface area contributed by atoms with E-state index in [4.69, 9.17) is 16.7 Å². The van der Waals surface area contributed by atoms with Gasteiger partial charge in [-0.1, -0.05) is 32.4 Å². The number of carbonyl (C=O) groups excluding carboxylic acids is 2. The molecule has 8 heteroatoms. The summed E-state index contributed by atoms with van der Waals surface area (Å²) in [6.07, 6.45) is -1.39. The number of hydrogen-bond acceptors (Lipinski definition) is 4. The number of rotatable bonds is 7. The molecule has 0 heterocycles. The first-order chi connectivity index (χ1) is 11.1. The van der Waals surface area contributed by atoms with Gasteiger partial charge < -0.3 is 20.8 Å². The van der Waals surface area contributed by atoms with Crippen LogP contribution in [-0.2, 0) is 9.59 Å². The summed E-state index contributed by atoms with van der Waals surface area (Å²) in [5, 5.41) is 23.9. The molecule has 0 bridgehead atoms. The summed E-state index contributed by atoms with van der Waals surface area (Å²) >= 11 is 5.64. The Morgan fingerprint density at radius 1 is 1.33 bits per heavy atom. The minimum atomic E-state index is -1.39. The average Bonchev–Trinajstić information content (AvgIpc) is 2.54. The van der Waals surface area contributed by atoms with Crippen LogP contribution in [0.4, 0.5) is 10.1 Å². The third kappa shape index (κ3) is 5.43. The van der Waals surface area contributed by atoms with E-state index in [2.05, 4.69) is 10.6 Å². The summed E-state index contributed by atoms with van der Waals surface area (Å²) < 4.78 is 13.1. The number of benzene rings is 1. The van der Waals surface area contributed by atoms with E-state index < -0.39 is 35.1 Å². The van der Waals surface area contributed by atoms with Crippen LogP contribution in [0.3, 0.4) is 0 Å². The van der Waals surface area contributed by atoms with E-state index >= 15 is 0 Å². The molecule has 0 unspecified atom stereocenters. The number of aliphatic hydroxyl groups is 2. The van der Waals surface area contributed by atoms with Gasteiger partial charge in [0.15, 0.2) is 0 Å². The van der Waals surface area contributed by atoms with Crippen molar-refractivity contribution in [2.45, 2.75) is 26.9 Å². The van der Waals surface area contributed by atoms with Crippen LogP contribution < -0.4 is 10.6 Å². The molecule has 0 spiro atoms. The molecule has 0 aromatic heterocycles. The van der Waals surface area contributed by atoms with Crippen LogP contribution in [-0.4, -0.2) is 41.3 Å². The Morgan fingerprint density at radius 3 is 2.50 bits per heavy atom. The van der Waals surface area contributed by atoms with Gasteiger partial charge in [0.1, 0.15) is 11.9 Å². The highest BCUT2D eigenvalue weighted by Crippen LogP contribution is 2.20. The van der Waals surface area contributed by atoms with E-state index in [1.807, 2.05) is 0 Å². The normalized spacial score (nSPS) is 14.0. The molecule has 134 valence electrons. The fraction of sp³-hybridized carbons (Fsp3) is 0.500. The number of nitrogens with one attached hydrogen (secondary N) is 2. The van der Waals surface area contributed by atoms with Crippen molar-refractivity contribution in [1.29, 1.82) is 0 Å². The topological polar surface area (TPSA) is 98.7 Å². The Kier molecular flexibility index (Phi) is 7.13. The predicted molar refractivity (Wildman–Crippen MR) is 89.1 cm³/mol. The molecule has 4 N–H and O–H groups in total. The monoisotopic (exact) mass is 360 g/mol. The van der Waals surface area contributed by atoms with Gasteiger partial charge in [-0.2, -0.15) is 0 Å². The maximum Gasteiger partial charge on any atom is 0.249 e. The molecule has 24 heavy (non-hydrogen) atoms. The summed E-state index contributed by atoms with van der Waals surface area (Å²) in [6, 6.07) is 3.79. The van der Waals surface area contributed by atoms with Gasteiger partial charge in [0.25, 0.3) is 0 Å². The number of halogens is 2. The largest absolute Gasteiger partial charge is 0.396 e. The Labute approximate surface area is 145 Å². The van der Waals surface area contributed by atoms with E-state index in [1.165, 1.54) is 12.1 Å². The zero-order valence-electron chi connectivity index (χ0n) is 13.8. The molecular weight excluding hydrogens is 339 g/mol. The van der Waals surface area contributed by atoms with Crippen LogP contribution in [0.25, 0.3) is 0 Å². The van der Waals surface area contributed by atoms with Gasteiger partial charge in [-0.15, -0.1) is 0 Å². The van der Waals surface area contributed by atoms with Crippen LogP contribution in [0.1, 0.15) is 20.8 Å². The molecule has 0 saturated carbocycles. The molecular formula is C16H22ClFN2O4. The van der Waals surface area contributed by atoms with Crippen molar-refractivity contribution in [3.63, 3.8) is 0 Å². The van der Waals surface area contributed by atoms with Crippen LogP contribution in [0.15, 0.2) is 18.2 Å². The van der Waals surface area contributed by atoms with Crippen molar-refractivity contribution in [1.82, 2.24) is 5.32 Å². The molecule has 6 nitrogen and oxygen atoms in total. The summed E-state index contributed by atoms with van der Waals surface area (Å²) in [5.41, 5.74) is -0.647. The van der Waals surface area contributed by atoms with Gasteiger partial charge in [0.05, 0.1) is 17.5 Å². The van der Waals surface area contributed by atoms with E-state index in [1.54, 1.807) is 20.8 Å². The van der Waals surface area contributed by atoms with Gasteiger partial charge in [-0.05, 0) is 18.2 Å². The third-order valence-electron chi connectivity index (χ3n) is 3.61. The number of amides is 2. The summed E-state index contributed by atoms with van der Waals surface area (Å²) in [5.74, 6) is -2.25. The SMILES string of the molecule is C[C@@H](CNC(=O)[C@H](O)C(C)(C)CO)C(=O)Nc1ccc(F)c(Cl)c1. The summed E-state index contributed by atoms with van der Waals surface area (Å²) in [4.78, 5) is 23.9. The minimum Gasteiger partial charge on any atom is -0.396 e. The summed E-state index contributed by atoms with van der Waals surface area (Å²) in [7, 11) is 0.